The number of rotatable bonds is 4. The standard InChI is InChI=1S/C15H21N5O/c1-3-14-11(6-7-21-14)9-20-15(17-18-19-20)13-8-12(16)5-4-10(13)2/h4-5,8,11,14H,3,6-7,9,16H2,1-2H3. The number of benzene rings is 1. The van der Waals surface area contributed by atoms with Crippen LogP contribution in [0.5, 0.6) is 0 Å². The van der Waals surface area contributed by atoms with Gasteiger partial charge in [-0.2, -0.15) is 0 Å². The number of anilines is 1. The Hall–Kier alpha value is -1.95. The summed E-state index contributed by atoms with van der Waals surface area (Å²) in [6.45, 7) is 5.82. The van der Waals surface area contributed by atoms with Crippen molar-refractivity contribution in [3.05, 3.63) is 23.8 Å². The zero-order chi connectivity index (χ0) is 14.8. The van der Waals surface area contributed by atoms with Crippen molar-refractivity contribution in [1.29, 1.82) is 0 Å². The Morgan fingerprint density at radius 2 is 2.29 bits per heavy atom. The first-order valence-corrected chi connectivity index (χ1v) is 7.43. The highest BCUT2D eigenvalue weighted by Crippen LogP contribution is 2.28. The summed E-state index contributed by atoms with van der Waals surface area (Å²) in [6, 6.07) is 5.82. The normalized spacial score (nSPS) is 21.8. The van der Waals surface area contributed by atoms with Crippen molar-refractivity contribution < 1.29 is 4.74 Å². The van der Waals surface area contributed by atoms with E-state index in [1.807, 2.05) is 29.8 Å². The molecule has 3 rings (SSSR count). The van der Waals surface area contributed by atoms with E-state index in [4.69, 9.17) is 10.5 Å². The van der Waals surface area contributed by atoms with Gasteiger partial charge in [-0.15, -0.1) is 5.10 Å². The average Bonchev–Trinajstić information content (AvgIpc) is 3.11. The Morgan fingerprint density at radius 1 is 1.43 bits per heavy atom. The summed E-state index contributed by atoms with van der Waals surface area (Å²) in [7, 11) is 0. The second-order valence-corrected chi connectivity index (χ2v) is 5.63. The summed E-state index contributed by atoms with van der Waals surface area (Å²) < 4.78 is 7.63. The van der Waals surface area contributed by atoms with Gasteiger partial charge in [0.25, 0.3) is 0 Å². The van der Waals surface area contributed by atoms with Crippen LogP contribution in [-0.4, -0.2) is 32.9 Å². The third kappa shape index (κ3) is 2.76. The van der Waals surface area contributed by atoms with Crippen LogP contribution in [-0.2, 0) is 11.3 Å². The van der Waals surface area contributed by atoms with E-state index in [1.165, 1.54) is 0 Å². The molecular weight excluding hydrogens is 266 g/mol. The molecule has 1 saturated heterocycles. The maximum Gasteiger partial charge on any atom is 0.182 e. The van der Waals surface area contributed by atoms with Crippen LogP contribution in [0.15, 0.2) is 18.2 Å². The molecule has 1 aromatic heterocycles. The highest BCUT2D eigenvalue weighted by Gasteiger charge is 2.28. The van der Waals surface area contributed by atoms with Gasteiger partial charge in [-0.1, -0.05) is 13.0 Å². The number of tetrazole rings is 1. The van der Waals surface area contributed by atoms with Crippen molar-refractivity contribution in [2.24, 2.45) is 5.92 Å². The molecule has 1 aromatic carbocycles. The molecule has 2 N–H and O–H groups in total. The van der Waals surface area contributed by atoms with E-state index in [-0.39, 0.29) is 0 Å². The summed E-state index contributed by atoms with van der Waals surface area (Å²) in [6.07, 6.45) is 2.40. The largest absolute Gasteiger partial charge is 0.399 e. The number of hydrogen-bond acceptors (Lipinski definition) is 5. The van der Waals surface area contributed by atoms with Gasteiger partial charge in [0.1, 0.15) is 0 Å². The number of hydrogen-bond donors (Lipinski definition) is 1. The molecule has 2 heterocycles. The number of ether oxygens (including phenoxy) is 1. The smallest absolute Gasteiger partial charge is 0.182 e. The SMILES string of the molecule is CCC1OCCC1Cn1nnnc1-c1cc(N)ccc1C. The van der Waals surface area contributed by atoms with Gasteiger partial charge < -0.3 is 10.5 Å². The summed E-state index contributed by atoms with van der Waals surface area (Å²) in [4.78, 5) is 0. The number of nitrogens with zero attached hydrogens (tertiary/aromatic N) is 4. The molecule has 1 aliphatic rings. The van der Waals surface area contributed by atoms with Gasteiger partial charge in [-0.3, -0.25) is 0 Å². The fourth-order valence-corrected chi connectivity index (χ4v) is 2.98. The van der Waals surface area contributed by atoms with Gasteiger partial charge in [-0.05, 0) is 47.9 Å². The number of nitrogens with two attached hydrogens (primary N) is 1. The second-order valence-electron chi connectivity index (χ2n) is 5.63. The molecule has 112 valence electrons. The molecule has 2 atom stereocenters. The topological polar surface area (TPSA) is 78.8 Å². The van der Waals surface area contributed by atoms with Crippen molar-refractivity contribution in [1.82, 2.24) is 20.2 Å². The van der Waals surface area contributed by atoms with Crippen molar-refractivity contribution in [3.63, 3.8) is 0 Å². The molecule has 0 aliphatic carbocycles. The zero-order valence-electron chi connectivity index (χ0n) is 12.5. The van der Waals surface area contributed by atoms with E-state index in [2.05, 4.69) is 22.4 Å². The monoisotopic (exact) mass is 287 g/mol. The van der Waals surface area contributed by atoms with Gasteiger partial charge >= 0.3 is 0 Å². The maximum atomic E-state index is 5.89. The van der Waals surface area contributed by atoms with E-state index in [1.54, 1.807) is 0 Å². The second kappa shape index (κ2) is 5.81. The fraction of sp³-hybridized carbons (Fsp3) is 0.533. The summed E-state index contributed by atoms with van der Waals surface area (Å²) >= 11 is 0. The molecule has 0 radical (unpaired) electrons. The van der Waals surface area contributed by atoms with Crippen molar-refractivity contribution in [2.45, 2.75) is 39.3 Å². The maximum absolute atomic E-state index is 5.89. The lowest BCUT2D eigenvalue weighted by atomic mass is 9.99. The lowest BCUT2D eigenvalue weighted by Crippen LogP contribution is -2.21. The number of aryl methyl sites for hydroxylation is 1. The fourth-order valence-electron chi connectivity index (χ4n) is 2.98. The Morgan fingerprint density at radius 3 is 3.10 bits per heavy atom. The summed E-state index contributed by atoms with van der Waals surface area (Å²) in [5, 5.41) is 12.2. The van der Waals surface area contributed by atoms with E-state index < -0.39 is 0 Å². The number of nitrogen functional groups attached to an aromatic ring is 1. The van der Waals surface area contributed by atoms with Gasteiger partial charge in [0.15, 0.2) is 5.82 Å². The van der Waals surface area contributed by atoms with E-state index in [0.29, 0.717) is 12.0 Å². The number of aromatic nitrogens is 4. The molecule has 0 amide bonds. The molecular formula is C15H21N5O. The third-order valence-electron chi connectivity index (χ3n) is 4.19. The van der Waals surface area contributed by atoms with Crippen LogP contribution in [0.25, 0.3) is 11.4 Å². The molecule has 6 nitrogen and oxygen atoms in total. The Labute approximate surface area is 124 Å². The Kier molecular flexibility index (Phi) is 3.88. The van der Waals surface area contributed by atoms with Gasteiger partial charge in [0, 0.05) is 23.8 Å². The highest BCUT2D eigenvalue weighted by molar-refractivity contribution is 5.65. The molecule has 21 heavy (non-hydrogen) atoms. The van der Waals surface area contributed by atoms with Gasteiger partial charge in [-0.25, -0.2) is 4.68 Å². The molecule has 6 heteroatoms. The van der Waals surface area contributed by atoms with Crippen LogP contribution in [0.4, 0.5) is 5.69 Å². The minimum absolute atomic E-state index is 0.309. The molecule has 0 bridgehead atoms. The first-order chi connectivity index (χ1) is 10.2. The average molecular weight is 287 g/mol. The third-order valence-corrected chi connectivity index (χ3v) is 4.19. The first kappa shape index (κ1) is 14.0. The minimum Gasteiger partial charge on any atom is -0.399 e. The van der Waals surface area contributed by atoms with Gasteiger partial charge in [0.05, 0.1) is 12.6 Å². The Balaban J connectivity index is 1.89. The van der Waals surface area contributed by atoms with Crippen molar-refractivity contribution >= 4 is 5.69 Å². The molecule has 2 aromatic rings. The molecule has 1 fully saturated rings. The van der Waals surface area contributed by atoms with E-state index in [0.717, 1.165) is 48.6 Å². The van der Waals surface area contributed by atoms with Crippen LogP contribution < -0.4 is 5.73 Å². The lowest BCUT2D eigenvalue weighted by Gasteiger charge is -2.17. The van der Waals surface area contributed by atoms with E-state index >= 15 is 0 Å². The van der Waals surface area contributed by atoms with Crippen LogP contribution in [0.1, 0.15) is 25.3 Å². The molecule has 0 saturated carbocycles. The molecule has 0 spiro atoms. The molecule has 1 aliphatic heterocycles. The predicted octanol–water partition coefficient (Wildman–Crippen LogP) is 2.05. The molecule has 2 unspecified atom stereocenters. The summed E-state index contributed by atoms with van der Waals surface area (Å²) in [5.74, 6) is 1.25. The van der Waals surface area contributed by atoms with Crippen LogP contribution in [0, 0.1) is 12.8 Å². The lowest BCUT2D eigenvalue weighted by molar-refractivity contribution is 0.0825. The van der Waals surface area contributed by atoms with Crippen molar-refractivity contribution in [3.8, 4) is 11.4 Å². The highest BCUT2D eigenvalue weighted by atomic mass is 16.5. The van der Waals surface area contributed by atoms with Crippen molar-refractivity contribution in [2.75, 3.05) is 12.3 Å². The zero-order valence-corrected chi connectivity index (χ0v) is 12.5. The minimum atomic E-state index is 0.309. The quantitative estimate of drug-likeness (QED) is 0.871. The first-order valence-electron chi connectivity index (χ1n) is 7.43. The van der Waals surface area contributed by atoms with E-state index in [9.17, 15) is 0 Å². The van der Waals surface area contributed by atoms with Crippen LogP contribution in [0.3, 0.4) is 0 Å². The predicted molar refractivity (Wildman–Crippen MR) is 80.5 cm³/mol. The van der Waals surface area contributed by atoms with Gasteiger partial charge in [0.2, 0.25) is 0 Å². The van der Waals surface area contributed by atoms with Crippen LogP contribution >= 0.6 is 0 Å². The summed E-state index contributed by atoms with van der Waals surface area (Å²) in [5.41, 5.74) is 8.73. The van der Waals surface area contributed by atoms with Crippen LogP contribution in [0.2, 0.25) is 0 Å². The Bertz CT molecular complexity index is 624.